The van der Waals surface area contributed by atoms with E-state index in [4.69, 9.17) is 0 Å². The quantitative estimate of drug-likeness (QED) is 0.899. The van der Waals surface area contributed by atoms with Gasteiger partial charge in [-0.2, -0.15) is 0 Å². The van der Waals surface area contributed by atoms with Gasteiger partial charge in [0, 0.05) is 30.7 Å². The fourth-order valence-electron chi connectivity index (χ4n) is 3.10. The fourth-order valence-corrected chi connectivity index (χ4v) is 3.10. The zero-order valence-corrected chi connectivity index (χ0v) is 12.1. The van der Waals surface area contributed by atoms with Crippen molar-refractivity contribution in [3.63, 3.8) is 0 Å². The largest absolute Gasteiger partial charge is 0.310 e. The normalized spacial score (nSPS) is 17.4. The zero-order chi connectivity index (χ0) is 13.8. The van der Waals surface area contributed by atoms with E-state index in [2.05, 4.69) is 41.5 Å². The molecule has 3 rings (SSSR count). The van der Waals surface area contributed by atoms with E-state index < -0.39 is 0 Å². The summed E-state index contributed by atoms with van der Waals surface area (Å²) in [6.07, 6.45) is 11.2. The van der Waals surface area contributed by atoms with Crippen molar-refractivity contribution in [3.8, 4) is 5.69 Å². The van der Waals surface area contributed by atoms with Gasteiger partial charge in [0.2, 0.25) is 0 Å². The molecule has 3 nitrogen and oxygen atoms in total. The molecule has 3 heteroatoms. The predicted octanol–water partition coefficient (Wildman–Crippen LogP) is 3.54. The van der Waals surface area contributed by atoms with Crippen LogP contribution in [0.4, 0.5) is 0 Å². The molecule has 0 aliphatic heterocycles. The van der Waals surface area contributed by atoms with Crippen LogP contribution in [0.1, 0.15) is 38.2 Å². The number of hydrogen-bond donors (Lipinski definition) is 1. The van der Waals surface area contributed by atoms with Crippen LogP contribution in [0, 0.1) is 5.92 Å². The van der Waals surface area contributed by atoms with Crippen LogP contribution >= 0.6 is 0 Å². The van der Waals surface area contributed by atoms with Gasteiger partial charge in [0.05, 0.1) is 6.33 Å². The minimum atomic E-state index is 0.630. The van der Waals surface area contributed by atoms with Crippen LogP contribution in [0.5, 0.6) is 0 Å². The lowest BCUT2D eigenvalue weighted by molar-refractivity contribution is 0.380. The van der Waals surface area contributed by atoms with E-state index in [-0.39, 0.29) is 0 Å². The summed E-state index contributed by atoms with van der Waals surface area (Å²) in [5, 5.41) is 3.68. The molecule has 1 heterocycles. The minimum absolute atomic E-state index is 0.630. The van der Waals surface area contributed by atoms with Gasteiger partial charge in [0.1, 0.15) is 0 Å². The SMILES string of the molecule is C[C@H](NCc1ccc(-n2ccnc2)cc1)C1CCCC1. The maximum absolute atomic E-state index is 4.08. The summed E-state index contributed by atoms with van der Waals surface area (Å²) in [5.74, 6) is 0.875. The Bertz CT molecular complexity index is 510. The van der Waals surface area contributed by atoms with Crippen LogP contribution in [0.3, 0.4) is 0 Å². The van der Waals surface area contributed by atoms with E-state index in [1.165, 1.54) is 31.2 Å². The molecule has 0 bridgehead atoms. The highest BCUT2D eigenvalue weighted by Gasteiger charge is 2.20. The third kappa shape index (κ3) is 3.10. The molecule has 0 radical (unpaired) electrons. The first kappa shape index (κ1) is 13.4. The average molecular weight is 269 g/mol. The van der Waals surface area contributed by atoms with Gasteiger partial charge in [0.25, 0.3) is 0 Å². The number of rotatable bonds is 5. The number of nitrogens with zero attached hydrogens (tertiary/aromatic N) is 2. The summed E-state index contributed by atoms with van der Waals surface area (Å²) < 4.78 is 2.03. The summed E-state index contributed by atoms with van der Waals surface area (Å²) in [5.41, 5.74) is 2.51. The van der Waals surface area contributed by atoms with Crippen molar-refractivity contribution in [1.82, 2.24) is 14.9 Å². The van der Waals surface area contributed by atoms with Crippen LogP contribution < -0.4 is 5.32 Å². The lowest BCUT2D eigenvalue weighted by Crippen LogP contribution is -2.31. The summed E-state index contributed by atoms with van der Waals surface area (Å²) in [4.78, 5) is 4.08. The van der Waals surface area contributed by atoms with Crippen molar-refractivity contribution in [1.29, 1.82) is 0 Å². The highest BCUT2D eigenvalue weighted by atomic mass is 15.0. The van der Waals surface area contributed by atoms with Crippen molar-refractivity contribution in [2.45, 2.75) is 45.2 Å². The summed E-state index contributed by atoms with van der Waals surface area (Å²) in [6.45, 7) is 3.29. The van der Waals surface area contributed by atoms with Crippen LogP contribution in [0.2, 0.25) is 0 Å². The molecule has 1 aliphatic rings. The van der Waals surface area contributed by atoms with Crippen molar-refractivity contribution < 1.29 is 0 Å². The van der Waals surface area contributed by atoms with E-state index >= 15 is 0 Å². The smallest absolute Gasteiger partial charge is 0.0991 e. The standard InChI is InChI=1S/C17H23N3/c1-14(16-4-2-3-5-16)19-12-15-6-8-17(9-7-15)20-11-10-18-13-20/h6-11,13-14,16,19H,2-5,12H2,1H3/t14-/m0/s1. The third-order valence-corrected chi connectivity index (χ3v) is 4.47. The number of benzene rings is 1. The molecule has 1 saturated carbocycles. The van der Waals surface area contributed by atoms with Crippen LogP contribution in [-0.2, 0) is 6.54 Å². The Morgan fingerprint density at radius 3 is 2.65 bits per heavy atom. The Labute approximate surface area is 121 Å². The summed E-state index contributed by atoms with van der Waals surface area (Å²) in [6, 6.07) is 9.33. The molecule has 0 saturated heterocycles. The Hall–Kier alpha value is -1.61. The molecule has 20 heavy (non-hydrogen) atoms. The van der Waals surface area contributed by atoms with Gasteiger partial charge in [0.15, 0.2) is 0 Å². The maximum Gasteiger partial charge on any atom is 0.0991 e. The summed E-state index contributed by atoms with van der Waals surface area (Å²) >= 11 is 0. The molecule has 0 spiro atoms. The second kappa shape index (κ2) is 6.23. The van der Waals surface area contributed by atoms with Crippen molar-refractivity contribution in [2.24, 2.45) is 5.92 Å². The molecule has 1 N–H and O–H groups in total. The molecule has 1 aromatic heterocycles. The predicted molar refractivity (Wildman–Crippen MR) is 81.8 cm³/mol. The summed E-state index contributed by atoms with van der Waals surface area (Å²) in [7, 11) is 0. The Balaban J connectivity index is 1.55. The van der Waals surface area contributed by atoms with E-state index in [9.17, 15) is 0 Å². The van der Waals surface area contributed by atoms with Crippen LogP contribution in [-0.4, -0.2) is 15.6 Å². The molecule has 1 atom stereocenters. The maximum atomic E-state index is 4.08. The van der Waals surface area contributed by atoms with E-state index in [0.717, 1.165) is 18.2 Å². The first-order valence-corrected chi connectivity index (χ1v) is 7.63. The number of nitrogens with one attached hydrogen (secondary N) is 1. The second-order valence-electron chi connectivity index (χ2n) is 5.85. The lowest BCUT2D eigenvalue weighted by Gasteiger charge is -2.20. The monoisotopic (exact) mass is 269 g/mol. The molecule has 1 aliphatic carbocycles. The Morgan fingerprint density at radius 2 is 2.00 bits per heavy atom. The number of hydrogen-bond acceptors (Lipinski definition) is 2. The van der Waals surface area contributed by atoms with Gasteiger partial charge in [-0.05, 0) is 43.4 Å². The van der Waals surface area contributed by atoms with Gasteiger partial charge >= 0.3 is 0 Å². The average Bonchev–Trinajstić information content (AvgIpc) is 3.18. The van der Waals surface area contributed by atoms with Crippen molar-refractivity contribution in [3.05, 3.63) is 48.5 Å². The molecule has 0 amide bonds. The van der Waals surface area contributed by atoms with E-state index in [1.807, 2.05) is 17.1 Å². The molecular weight excluding hydrogens is 246 g/mol. The molecule has 106 valence electrons. The molecule has 2 aromatic rings. The highest BCUT2D eigenvalue weighted by Crippen LogP contribution is 2.27. The first-order valence-electron chi connectivity index (χ1n) is 7.63. The van der Waals surface area contributed by atoms with E-state index in [1.54, 1.807) is 6.20 Å². The Kier molecular flexibility index (Phi) is 4.16. The van der Waals surface area contributed by atoms with Crippen molar-refractivity contribution in [2.75, 3.05) is 0 Å². The molecule has 0 unspecified atom stereocenters. The van der Waals surface area contributed by atoms with Gasteiger partial charge in [-0.25, -0.2) is 4.98 Å². The van der Waals surface area contributed by atoms with Gasteiger partial charge in [-0.3, -0.25) is 0 Å². The van der Waals surface area contributed by atoms with Crippen molar-refractivity contribution >= 4 is 0 Å². The van der Waals surface area contributed by atoms with E-state index in [0.29, 0.717) is 6.04 Å². The zero-order valence-electron chi connectivity index (χ0n) is 12.1. The first-order chi connectivity index (χ1) is 9.83. The number of imidazole rings is 1. The fraction of sp³-hybridized carbons (Fsp3) is 0.471. The number of aromatic nitrogens is 2. The van der Waals surface area contributed by atoms with Crippen LogP contribution in [0.15, 0.2) is 43.0 Å². The van der Waals surface area contributed by atoms with Gasteiger partial charge in [-0.15, -0.1) is 0 Å². The lowest BCUT2D eigenvalue weighted by atomic mass is 9.99. The highest BCUT2D eigenvalue weighted by molar-refractivity contribution is 5.34. The molecule has 1 fully saturated rings. The van der Waals surface area contributed by atoms with Gasteiger partial charge < -0.3 is 9.88 Å². The third-order valence-electron chi connectivity index (χ3n) is 4.47. The molecule has 1 aromatic carbocycles. The Morgan fingerprint density at radius 1 is 1.25 bits per heavy atom. The van der Waals surface area contributed by atoms with Gasteiger partial charge in [-0.1, -0.05) is 25.0 Å². The van der Waals surface area contributed by atoms with Crippen LogP contribution in [0.25, 0.3) is 5.69 Å². The molecular formula is C17H23N3. The minimum Gasteiger partial charge on any atom is -0.310 e. The second-order valence-corrected chi connectivity index (χ2v) is 5.85. The topological polar surface area (TPSA) is 29.9 Å².